The molecule has 104 valence electrons. The zero-order chi connectivity index (χ0) is 13.8. The van der Waals surface area contributed by atoms with Crippen molar-refractivity contribution in [2.75, 3.05) is 26.8 Å². The highest BCUT2D eigenvalue weighted by Crippen LogP contribution is 2.18. The number of benzene rings is 1. The van der Waals surface area contributed by atoms with Crippen molar-refractivity contribution in [3.63, 3.8) is 0 Å². The molecule has 1 heterocycles. The Morgan fingerprint density at radius 3 is 3.00 bits per heavy atom. The number of nitrogens with zero attached hydrogens (tertiary/aromatic N) is 1. The molecular weight excluding hydrogens is 258 g/mol. The van der Waals surface area contributed by atoms with Gasteiger partial charge in [0.05, 0.1) is 6.61 Å². The van der Waals surface area contributed by atoms with E-state index in [4.69, 9.17) is 4.74 Å². The van der Waals surface area contributed by atoms with E-state index in [1.54, 1.807) is 4.90 Å². The van der Waals surface area contributed by atoms with Gasteiger partial charge in [0.25, 0.3) is 5.91 Å². The Labute approximate surface area is 120 Å². The van der Waals surface area contributed by atoms with Crippen molar-refractivity contribution in [3.8, 4) is 0 Å². The van der Waals surface area contributed by atoms with Crippen molar-refractivity contribution >= 4 is 18.5 Å². The molecule has 1 amide bonds. The maximum absolute atomic E-state index is 12.4. The Morgan fingerprint density at radius 1 is 1.53 bits per heavy atom. The van der Waals surface area contributed by atoms with Crippen LogP contribution in [0.15, 0.2) is 23.1 Å². The SMILES string of the molecule is Cc1ccc(S)cc1C(=O)N(C)CC1CCCOC1. The first-order valence-electron chi connectivity index (χ1n) is 6.70. The molecular formula is C15H21NO2S. The normalized spacial score (nSPS) is 19.2. The van der Waals surface area contributed by atoms with Gasteiger partial charge in [0.15, 0.2) is 0 Å². The van der Waals surface area contributed by atoms with Crippen LogP contribution in [0, 0.1) is 12.8 Å². The van der Waals surface area contributed by atoms with E-state index in [-0.39, 0.29) is 5.91 Å². The maximum atomic E-state index is 12.4. The second-order valence-corrected chi connectivity index (χ2v) is 5.78. The van der Waals surface area contributed by atoms with Crippen molar-refractivity contribution < 1.29 is 9.53 Å². The molecule has 1 aromatic rings. The highest BCUT2D eigenvalue weighted by molar-refractivity contribution is 7.80. The summed E-state index contributed by atoms with van der Waals surface area (Å²) in [5.41, 5.74) is 1.74. The van der Waals surface area contributed by atoms with Gasteiger partial charge < -0.3 is 9.64 Å². The van der Waals surface area contributed by atoms with Gasteiger partial charge in [-0.2, -0.15) is 0 Å². The summed E-state index contributed by atoms with van der Waals surface area (Å²) in [6.07, 6.45) is 2.24. The van der Waals surface area contributed by atoms with Crippen LogP contribution in [0.25, 0.3) is 0 Å². The van der Waals surface area contributed by atoms with Crippen molar-refractivity contribution in [1.29, 1.82) is 0 Å². The van der Waals surface area contributed by atoms with E-state index in [2.05, 4.69) is 12.6 Å². The second-order valence-electron chi connectivity index (χ2n) is 5.27. The zero-order valence-electron chi connectivity index (χ0n) is 11.6. The fourth-order valence-electron chi connectivity index (χ4n) is 2.47. The van der Waals surface area contributed by atoms with E-state index in [0.29, 0.717) is 5.92 Å². The molecule has 0 spiro atoms. The quantitative estimate of drug-likeness (QED) is 0.862. The number of aryl methyl sites for hydroxylation is 1. The Kier molecular flexibility index (Phi) is 4.88. The summed E-state index contributed by atoms with van der Waals surface area (Å²) >= 11 is 4.30. The van der Waals surface area contributed by atoms with Gasteiger partial charge in [-0.1, -0.05) is 6.07 Å². The summed E-state index contributed by atoms with van der Waals surface area (Å²) in [5.74, 6) is 0.529. The molecule has 19 heavy (non-hydrogen) atoms. The summed E-state index contributed by atoms with van der Waals surface area (Å²) < 4.78 is 5.46. The van der Waals surface area contributed by atoms with Gasteiger partial charge in [-0.25, -0.2) is 0 Å². The van der Waals surface area contributed by atoms with Crippen molar-refractivity contribution in [2.45, 2.75) is 24.7 Å². The fraction of sp³-hybridized carbons (Fsp3) is 0.533. The van der Waals surface area contributed by atoms with Gasteiger partial charge in [-0.3, -0.25) is 4.79 Å². The highest BCUT2D eigenvalue weighted by atomic mass is 32.1. The van der Waals surface area contributed by atoms with Crippen molar-refractivity contribution in [1.82, 2.24) is 4.90 Å². The fourth-order valence-corrected chi connectivity index (χ4v) is 2.67. The molecule has 0 N–H and O–H groups in total. The van der Waals surface area contributed by atoms with E-state index in [1.165, 1.54) is 0 Å². The summed E-state index contributed by atoms with van der Waals surface area (Å²) in [6, 6.07) is 5.69. The van der Waals surface area contributed by atoms with Crippen LogP contribution in [0.2, 0.25) is 0 Å². The first-order chi connectivity index (χ1) is 9.08. The van der Waals surface area contributed by atoms with E-state index in [0.717, 1.165) is 48.6 Å². The minimum Gasteiger partial charge on any atom is -0.381 e. The van der Waals surface area contributed by atoms with Crippen molar-refractivity contribution in [2.24, 2.45) is 5.92 Å². The van der Waals surface area contributed by atoms with Crippen LogP contribution in [0.4, 0.5) is 0 Å². The van der Waals surface area contributed by atoms with E-state index >= 15 is 0 Å². The van der Waals surface area contributed by atoms with Crippen LogP contribution in [0.3, 0.4) is 0 Å². The molecule has 0 saturated carbocycles. The minimum atomic E-state index is 0.0685. The van der Waals surface area contributed by atoms with Gasteiger partial charge in [0, 0.05) is 30.7 Å². The molecule has 1 aliphatic rings. The van der Waals surface area contributed by atoms with Gasteiger partial charge in [0.1, 0.15) is 0 Å². The molecule has 0 aliphatic carbocycles. The molecule has 0 radical (unpaired) electrons. The first kappa shape index (κ1) is 14.4. The summed E-state index contributed by atoms with van der Waals surface area (Å²) in [6.45, 7) is 4.34. The molecule has 2 rings (SSSR count). The molecule has 1 unspecified atom stereocenters. The van der Waals surface area contributed by atoms with E-state index in [1.807, 2.05) is 32.2 Å². The Hall–Kier alpha value is -1.00. The summed E-state index contributed by atoms with van der Waals surface area (Å²) in [4.78, 5) is 15.1. The number of carbonyl (C=O) groups is 1. The molecule has 3 nitrogen and oxygen atoms in total. The number of hydrogen-bond donors (Lipinski definition) is 1. The van der Waals surface area contributed by atoms with Gasteiger partial charge in [-0.15, -0.1) is 12.6 Å². The lowest BCUT2D eigenvalue weighted by Gasteiger charge is -2.27. The van der Waals surface area contributed by atoms with Crippen LogP contribution >= 0.6 is 12.6 Å². The molecule has 0 aromatic heterocycles. The number of rotatable bonds is 3. The molecule has 1 saturated heterocycles. The predicted molar refractivity (Wildman–Crippen MR) is 78.9 cm³/mol. The molecule has 1 atom stereocenters. The Balaban J connectivity index is 2.03. The monoisotopic (exact) mass is 279 g/mol. The number of thiol groups is 1. The standard InChI is InChI=1S/C15H21NO2S/c1-11-5-6-13(19)8-14(11)15(17)16(2)9-12-4-3-7-18-10-12/h5-6,8,12,19H,3-4,7,9-10H2,1-2H3. The molecule has 0 bridgehead atoms. The molecule has 4 heteroatoms. The smallest absolute Gasteiger partial charge is 0.253 e. The third-order valence-corrected chi connectivity index (χ3v) is 3.86. The van der Waals surface area contributed by atoms with Gasteiger partial charge >= 0.3 is 0 Å². The lowest BCUT2D eigenvalue weighted by molar-refractivity contribution is 0.0388. The Bertz CT molecular complexity index is 455. The minimum absolute atomic E-state index is 0.0685. The summed E-state index contributed by atoms with van der Waals surface area (Å²) in [7, 11) is 1.86. The highest BCUT2D eigenvalue weighted by Gasteiger charge is 2.20. The second kappa shape index (κ2) is 6.44. The lowest BCUT2D eigenvalue weighted by atomic mass is 10.0. The van der Waals surface area contributed by atoms with E-state index in [9.17, 15) is 4.79 Å². The van der Waals surface area contributed by atoms with Crippen LogP contribution in [0.5, 0.6) is 0 Å². The summed E-state index contributed by atoms with van der Waals surface area (Å²) in [5, 5.41) is 0. The molecule has 1 fully saturated rings. The largest absolute Gasteiger partial charge is 0.381 e. The Morgan fingerprint density at radius 2 is 2.32 bits per heavy atom. The topological polar surface area (TPSA) is 29.5 Å². The first-order valence-corrected chi connectivity index (χ1v) is 7.15. The number of ether oxygens (including phenoxy) is 1. The average Bonchev–Trinajstić information content (AvgIpc) is 2.42. The van der Waals surface area contributed by atoms with Gasteiger partial charge in [-0.05, 0) is 43.4 Å². The number of carbonyl (C=O) groups excluding carboxylic acids is 1. The third kappa shape index (κ3) is 3.74. The molecule has 1 aromatic carbocycles. The van der Waals surface area contributed by atoms with Crippen LogP contribution in [0.1, 0.15) is 28.8 Å². The average molecular weight is 279 g/mol. The van der Waals surface area contributed by atoms with Gasteiger partial charge in [0.2, 0.25) is 0 Å². The van der Waals surface area contributed by atoms with Crippen LogP contribution < -0.4 is 0 Å². The van der Waals surface area contributed by atoms with Crippen LogP contribution in [-0.4, -0.2) is 37.6 Å². The maximum Gasteiger partial charge on any atom is 0.253 e. The third-order valence-electron chi connectivity index (χ3n) is 3.58. The lowest BCUT2D eigenvalue weighted by Crippen LogP contribution is -2.35. The van der Waals surface area contributed by atoms with Crippen LogP contribution in [-0.2, 0) is 4.74 Å². The van der Waals surface area contributed by atoms with E-state index < -0.39 is 0 Å². The zero-order valence-corrected chi connectivity index (χ0v) is 12.5. The van der Waals surface area contributed by atoms with Crippen molar-refractivity contribution in [3.05, 3.63) is 29.3 Å². The number of hydrogen-bond acceptors (Lipinski definition) is 3. The number of amides is 1. The molecule has 1 aliphatic heterocycles. The predicted octanol–water partition coefficient (Wildman–Crippen LogP) is 2.78.